The van der Waals surface area contributed by atoms with Crippen molar-refractivity contribution in [3.63, 3.8) is 0 Å². The molecule has 1 aliphatic carbocycles. The fourth-order valence-electron chi connectivity index (χ4n) is 3.44. The van der Waals surface area contributed by atoms with Gasteiger partial charge in [0.2, 0.25) is 23.6 Å². The van der Waals surface area contributed by atoms with Crippen molar-refractivity contribution in [2.45, 2.75) is 64.6 Å². The topological polar surface area (TPSA) is 108 Å². The molecule has 2 aliphatic rings. The number of nitrogens with zero attached hydrogens (tertiary/aromatic N) is 1. The Balaban J connectivity index is 1.45. The van der Waals surface area contributed by atoms with Crippen molar-refractivity contribution < 1.29 is 19.2 Å². The van der Waals surface area contributed by atoms with E-state index in [1.165, 1.54) is 4.90 Å². The van der Waals surface area contributed by atoms with Gasteiger partial charge in [-0.25, -0.2) is 0 Å². The lowest BCUT2D eigenvalue weighted by Gasteiger charge is -2.21. The van der Waals surface area contributed by atoms with Gasteiger partial charge in [-0.15, -0.1) is 0 Å². The van der Waals surface area contributed by atoms with Gasteiger partial charge < -0.3 is 16.0 Å². The number of anilines is 2. The van der Waals surface area contributed by atoms with E-state index in [4.69, 9.17) is 0 Å². The molecular formula is C21H28N4O4. The Bertz CT molecular complexity index is 801. The van der Waals surface area contributed by atoms with Crippen LogP contribution in [0.5, 0.6) is 0 Å². The third-order valence-corrected chi connectivity index (χ3v) is 5.06. The lowest BCUT2D eigenvalue weighted by Crippen LogP contribution is -2.45. The summed E-state index contributed by atoms with van der Waals surface area (Å²) in [4.78, 5) is 49.6. The summed E-state index contributed by atoms with van der Waals surface area (Å²) in [5.74, 6) is -0.443. The first-order valence-electron chi connectivity index (χ1n) is 10.1. The predicted octanol–water partition coefficient (Wildman–Crippen LogP) is 1.88. The van der Waals surface area contributed by atoms with Gasteiger partial charge in [0.1, 0.15) is 0 Å². The Morgan fingerprint density at radius 3 is 2.14 bits per heavy atom. The quantitative estimate of drug-likeness (QED) is 0.578. The zero-order valence-electron chi connectivity index (χ0n) is 17.0. The second kappa shape index (κ2) is 8.73. The zero-order chi connectivity index (χ0) is 21.1. The van der Waals surface area contributed by atoms with Gasteiger partial charge in [-0.2, -0.15) is 0 Å². The van der Waals surface area contributed by atoms with Crippen LogP contribution in [0.15, 0.2) is 24.3 Å². The number of nitrogens with one attached hydrogen (secondary N) is 3. The molecule has 2 fully saturated rings. The number of benzene rings is 1. The van der Waals surface area contributed by atoms with Gasteiger partial charge in [0, 0.05) is 35.8 Å². The van der Waals surface area contributed by atoms with Gasteiger partial charge in [-0.1, -0.05) is 0 Å². The minimum atomic E-state index is -0.581. The fourth-order valence-corrected chi connectivity index (χ4v) is 3.44. The molecule has 1 aliphatic heterocycles. The minimum absolute atomic E-state index is 0.0395. The highest BCUT2D eigenvalue weighted by Crippen LogP contribution is 2.30. The number of hydrogen-bond donors (Lipinski definition) is 3. The lowest BCUT2D eigenvalue weighted by molar-refractivity contribution is -0.141. The molecule has 0 aromatic heterocycles. The van der Waals surface area contributed by atoms with E-state index in [0.717, 1.165) is 12.8 Å². The Hall–Kier alpha value is -2.74. The third-order valence-electron chi connectivity index (χ3n) is 5.06. The van der Waals surface area contributed by atoms with E-state index >= 15 is 0 Å². The van der Waals surface area contributed by atoms with Crippen molar-refractivity contribution in [2.75, 3.05) is 10.6 Å². The van der Waals surface area contributed by atoms with Crippen LogP contribution in [0, 0.1) is 5.92 Å². The number of carbonyl (C=O) groups excluding carboxylic acids is 4. The molecule has 4 amide bonds. The van der Waals surface area contributed by atoms with Crippen LogP contribution in [0.25, 0.3) is 0 Å². The van der Waals surface area contributed by atoms with E-state index < -0.39 is 6.04 Å². The molecule has 0 spiro atoms. The van der Waals surface area contributed by atoms with E-state index in [9.17, 15) is 19.2 Å². The second-order valence-corrected chi connectivity index (χ2v) is 8.11. The van der Waals surface area contributed by atoms with Gasteiger partial charge in [0.25, 0.3) is 0 Å². The summed E-state index contributed by atoms with van der Waals surface area (Å²) in [7, 11) is 0. The molecule has 0 radical (unpaired) electrons. The fraction of sp³-hybridized carbons (Fsp3) is 0.524. The van der Waals surface area contributed by atoms with Crippen LogP contribution in [0.2, 0.25) is 0 Å². The molecule has 1 heterocycles. The molecule has 1 saturated carbocycles. The molecule has 8 heteroatoms. The highest BCUT2D eigenvalue weighted by Gasteiger charge is 2.40. The molecule has 2 atom stereocenters. The first-order valence-corrected chi connectivity index (χ1v) is 10.1. The summed E-state index contributed by atoms with van der Waals surface area (Å²) in [6, 6.07) is 5.96. The average Bonchev–Trinajstić information content (AvgIpc) is 3.43. The number of likely N-dealkylation sites (tertiary alicyclic amines) is 1. The molecule has 1 saturated heterocycles. The highest BCUT2D eigenvalue weighted by atomic mass is 16.2. The number of hydrogen-bond acceptors (Lipinski definition) is 5. The van der Waals surface area contributed by atoms with Gasteiger partial charge in [0.15, 0.2) is 0 Å². The number of carbonyl (C=O) groups is 4. The average molecular weight is 400 g/mol. The number of rotatable bonds is 8. The van der Waals surface area contributed by atoms with Crippen LogP contribution in [-0.2, 0) is 19.2 Å². The molecule has 8 nitrogen and oxygen atoms in total. The maximum atomic E-state index is 12.3. The standard InChI is InChI=1S/C21H28N4O4/c1-12(2)25-19(27)11-17(21(25)29)22-13(3)10-18(26)23-15-6-8-16(9-7-15)24-20(28)14-4-5-14/h6-9,12-14,17,22H,4-5,10-11H2,1-3H3,(H,23,26)(H,24,28). The van der Waals surface area contributed by atoms with Crippen LogP contribution in [0.1, 0.15) is 46.5 Å². The second-order valence-electron chi connectivity index (χ2n) is 8.11. The van der Waals surface area contributed by atoms with Gasteiger partial charge in [0.05, 0.1) is 12.5 Å². The van der Waals surface area contributed by atoms with Crippen molar-refractivity contribution >= 4 is 35.0 Å². The molecule has 2 unspecified atom stereocenters. The summed E-state index contributed by atoms with van der Waals surface area (Å²) in [6.07, 6.45) is 2.18. The summed E-state index contributed by atoms with van der Waals surface area (Å²) >= 11 is 0. The van der Waals surface area contributed by atoms with Gasteiger partial charge >= 0.3 is 0 Å². The maximum Gasteiger partial charge on any atom is 0.247 e. The first-order chi connectivity index (χ1) is 13.7. The van der Waals surface area contributed by atoms with Crippen LogP contribution in [0.3, 0.4) is 0 Å². The van der Waals surface area contributed by atoms with E-state index in [0.29, 0.717) is 11.4 Å². The molecule has 0 bridgehead atoms. The first kappa shape index (κ1) is 21.0. The van der Waals surface area contributed by atoms with Crippen molar-refractivity contribution in [3.05, 3.63) is 24.3 Å². The van der Waals surface area contributed by atoms with Crippen molar-refractivity contribution in [2.24, 2.45) is 5.92 Å². The molecular weight excluding hydrogens is 372 g/mol. The van der Waals surface area contributed by atoms with Gasteiger partial charge in [-0.3, -0.25) is 24.1 Å². The summed E-state index contributed by atoms with van der Waals surface area (Å²) in [6.45, 7) is 5.42. The number of imide groups is 1. The van der Waals surface area contributed by atoms with Crippen LogP contribution in [-0.4, -0.2) is 46.7 Å². The van der Waals surface area contributed by atoms with Crippen LogP contribution in [0.4, 0.5) is 11.4 Å². The van der Waals surface area contributed by atoms with Crippen LogP contribution < -0.4 is 16.0 Å². The summed E-state index contributed by atoms with van der Waals surface area (Å²) in [5.41, 5.74) is 1.33. The monoisotopic (exact) mass is 400 g/mol. The van der Waals surface area contributed by atoms with E-state index in [1.54, 1.807) is 38.1 Å². The molecule has 1 aromatic rings. The largest absolute Gasteiger partial charge is 0.326 e. The Morgan fingerprint density at radius 1 is 1.03 bits per heavy atom. The SMILES string of the molecule is CC(CC(=O)Nc1ccc(NC(=O)C2CC2)cc1)NC1CC(=O)N(C(C)C)C1=O. The maximum absolute atomic E-state index is 12.3. The lowest BCUT2D eigenvalue weighted by atomic mass is 10.1. The third kappa shape index (κ3) is 5.41. The van der Waals surface area contributed by atoms with Crippen LogP contribution >= 0.6 is 0 Å². The van der Waals surface area contributed by atoms with Crippen molar-refractivity contribution in [1.29, 1.82) is 0 Å². The molecule has 3 rings (SSSR count). The molecule has 156 valence electrons. The van der Waals surface area contributed by atoms with Crippen molar-refractivity contribution in [3.8, 4) is 0 Å². The van der Waals surface area contributed by atoms with Crippen molar-refractivity contribution in [1.82, 2.24) is 10.2 Å². The summed E-state index contributed by atoms with van der Waals surface area (Å²) < 4.78 is 0. The Labute approximate surface area is 170 Å². The number of amides is 4. The van der Waals surface area contributed by atoms with E-state index in [1.807, 2.05) is 6.92 Å². The summed E-state index contributed by atoms with van der Waals surface area (Å²) in [5, 5.41) is 8.74. The normalized spacial score (nSPS) is 20.1. The molecule has 29 heavy (non-hydrogen) atoms. The zero-order valence-corrected chi connectivity index (χ0v) is 17.0. The Morgan fingerprint density at radius 2 is 1.62 bits per heavy atom. The Kier molecular flexibility index (Phi) is 6.32. The van der Waals surface area contributed by atoms with E-state index in [-0.39, 0.29) is 54.5 Å². The van der Waals surface area contributed by atoms with Gasteiger partial charge in [-0.05, 0) is 57.9 Å². The minimum Gasteiger partial charge on any atom is -0.326 e. The highest BCUT2D eigenvalue weighted by molar-refractivity contribution is 6.05. The smallest absolute Gasteiger partial charge is 0.247 e. The van der Waals surface area contributed by atoms with E-state index in [2.05, 4.69) is 16.0 Å². The molecule has 1 aromatic carbocycles. The molecule has 3 N–H and O–H groups in total. The predicted molar refractivity (Wildman–Crippen MR) is 109 cm³/mol.